The second kappa shape index (κ2) is 6.62. The van der Waals surface area contributed by atoms with Crippen molar-refractivity contribution in [2.45, 2.75) is 0 Å². The molecule has 5 heteroatoms. The molecule has 1 rings (SSSR count). The van der Waals surface area contributed by atoms with Gasteiger partial charge in [-0.25, -0.2) is 0 Å². The molecule has 0 spiro atoms. The first-order valence-electron chi connectivity index (χ1n) is 4.42. The summed E-state index contributed by atoms with van der Waals surface area (Å²) in [6, 6.07) is 3.64. The SMILES string of the molecule is COCCNC(=O)/C=C/c1ccc(I)o1. The van der Waals surface area contributed by atoms with Gasteiger partial charge in [0, 0.05) is 19.7 Å². The Bertz CT molecular complexity index is 346. The third-order valence-electron chi connectivity index (χ3n) is 1.60. The number of ether oxygens (including phenoxy) is 1. The van der Waals surface area contributed by atoms with Crippen molar-refractivity contribution >= 4 is 34.6 Å². The quantitative estimate of drug-likeness (QED) is 0.510. The lowest BCUT2D eigenvalue weighted by molar-refractivity contribution is -0.116. The molecule has 1 aromatic heterocycles. The number of furan rings is 1. The third kappa shape index (κ3) is 4.98. The first-order valence-corrected chi connectivity index (χ1v) is 5.50. The van der Waals surface area contributed by atoms with E-state index in [-0.39, 0.29) is 5.91 Å². The second-order valence-electron chi connectivity index (χ2n) is 2.76. The average Bonchev–Trinajstić information content (AvgIpc) is 2.62. The zero-order valence-electron chi connectivity index (χ0n) is 8.33. The molecule has 0 aromatic carbocycles. The van der Waals surface area contributed by atoms with Crippen molar-refractivity contribution in [2.75, 3.05) is 20.3 Å². The number of carbonyl (C=O) groups excluding carboxylic acids is 1. The fraction of sp³-hybridized carbons (Fsp3) is 0.300. The maximum absolute atomic E-state index is 11.2. The summed E-state index contributed by atoms with van der Waals surface area (Å²) in [6.07, 6.45) is 3.06. The summed E-state index contributed by atoms with van der Waals surface area (Å²) in [7, 11) is 1.59. The summed E-state index contributed by atoms with van der Waals surface area (Å²) >= 11 is 2.07. The Hall–Kier alpha value is -0.820. The summed E-state index contributed by atoms with van der Waals surface area (Å²) in [5, 5.41) is 2.67. The van der Waals surface area contributed by atoms with E-state index < -0.39 is 0 Å². The molecule has 0 saturated heterocycles. The van der Waals surface area contributed by atoms with Crippen LogP contribution in [0.25, 0.3) is 6.08 Å². The number of nitrogens with one attached hydrogen (secondary N) is 1. The number of hydrogen-bond acceptors (Lipinski definition) is 3. The van der Waals surface area contributed by atoms with Gasteiger partial charge in [-0.3, -0.25) is 4.79 Å². The van der Waals surface area contributed by atoms with Crippen LogP contribution in [0.15, 0.2) is 22.6 Å². The van der Waals surface area contributed by atoms with Crippen LogP contribution in [0.4, 0.5) is 0 Å². The molecule has 0 fully saturated rings. The van der Waals surface area contributed by atoms with Crippen LogP contribution in [-0.2, 0) is 9.53 Å². The first kappa shape index (κ1) is 12.3. The molecule has 4 nitrogen and oxygen atoms in total. The van der Waals surface area contributed by atoms with E-state index in [0.29, 0.717) is 18.9 Å². The second-order valence-corrected chi connectivity index (χ2v) is 3.82. The molecule has 82 valence electrons. The minimum absolute atomic E-state index is 0.154. The molecule has 0 aliphatic heterocycles. The Labute approximate surface area is 102 Å². The van der Waals surface area contributed by atoms with Gasteiger partial charge in [0.2, 0.25) is 5.91 Å². The Balaban J connectivity index is 2.34. The molecule has 0 aliphatic rings. The summed E-state index contributed by atoms with van der Waals surface area (Å²) in [5.41, 5.74) is 0. The molecular weight excluding hydrogens is 309 g/mol. The van der Waals surface area contributed by atoms with Crippen LogP contribution < -0.4 is 5.32 Å². The van der Waals surface area contributed by atoms with Crippen LogP contribution in [0.5, 0.6) is 0 Å². The average molecular weight is 321 g/mol. The minimum Gasteiger partial charge on any atom is -0.451 e. The van der Waals surface area contributed by atoms with Crippen molar-refractivity contribution in [3.63, 3.8) is 0 Å². The molecule has 0 bridgehead atoms. The molecule has 15 heavy (non-hydrogen) atoms. The third-order valence-corrected chi connectivity index (χ3v) is 2.18. The van der Waals surface area contributed by atoms with E-state index in [1.165, 1.54) is 6.08 Å². The molecule has 0 radical (unpaired) electrons. The van der Waals surface area contributed by atoms with Gasteiger partial charge >= 0.3 is 0 Å². The summed E-state index contributed by atoms with van der Waals surface area (Å²) in [5.74, 6) is 0.514. The highest BCUT2D eigenvalue weighted by Gasteiger charge is 1.96. The highest BCUT2D eigenvalue weighted by molar-refractivity contribution is 14.1. The fourth-order valence-corrected chi connectivity index (χ4v) is 1.34. The smallest absolute Gasteiger partial charge is 0.244 e. The van der Waals surface area contributed by atoms with E-state index in [1.54, 1.807) is 19.3 Å². The Morgan fingerprint density at radius 1 is 1.67 bits per heavy atom. The van der Waals surface area contributed by atoms with Crippen molar-refractivity contribution in [2.24, 2.45) is 0 Å². The van der Waals surface area contributed by atoms with Crippen LogP contribution in [0, 0.1) is 3.77 Å². The van der Waals surface area contributed by atoms with Gasteiger partial charge in [0.25, 0.3) is 0 Å². The Kier molecular flexibility index (Phi) is 5.41. The zero-order valence-corrected chi connectivity index (χ0v) is 10.5. The van der Waals surface area contributed by atoms with Crippen LogP contribution in [-0.4, -0.2) is 26.2 Å². The highest BCUT2D eigenvalue weighted by Crippen LogP contribution is 2.10. The van der Waals surface area contributed by atoms with E-state index >= 15 is 0 Å². The van der Waals surface area contributed by atoms with Crippen molar-refractivity contribution in [3.05, 3.63) is 27.7 Å². The lowest BCUT2D eigenvalue weighted by Crippen LogP contribution is -2.24. The molecule has 0 atom stereocenters. The Morgan fingerprint density at radius 3 is 3.07 bits per heavy atom. The molecular formula is C10H12INO3. The summed E-state index contributed by atoms with van der Waals surface area (Å²) in [6.45, 7) is 1.02. The zero-order chi connectivity index (χ0) is 11.1. The predicted molar refractivity (Wildman–Crippen MR) is 65.3 cm³/mol. The van der Waals surface area contributed by atoms with E-state index in [4.69, 9.17) is 9.15 Å². The van der Waals surface area contributed by atoms with E-state index in [9.17, 15) is 4.79 Å². The first-order chi connectivity index (χ1) is 7.22. The molecule has 1 aromatic rings. The number of halogens is 1. The minimum atomic E-state index is -0.154. The van der Waals surface area contributed by atoms with E-state index in [0.717, 1.165) is 3.77 Å². The lowest BCUT2D eigenvalue weighted by atomic mass is 10.4. The Morgan fingerprint density at radius 2 is 2.47 bits per heavy atom. The fourth-order valence-electron chi connectivity index (χ4n) is 0.911. The van der Waals surface area contributed by atoms with Gasteiger partial charge in [-0.15, -0.1) is 0 Å². The number of rotatable bonds is 5. The van der Waals surface area contributed by atoms with Crippen molar-refractivity contribution in [1.82, 2.24) is 5.32 Å². The highest BCUT2D eigenvalue weighted by atomic mass is 127. The lowest BCUT2D eigenvalue weighted by Gasteiger charge is -1.99. The van der Waals surface area contributed by atoms with Crippen molar-refractivity contribution in [1.29, 1.82) is 0 Å². The standard InChI is InChI=1S/C10H12INO3/c1-14-7-6-12-10(13)5-3-8-2-4-9(11)15-8/h2-5H,6-7H2,1H3,(H,12,13)/b5-3+. The number of carbonyl (C=O) groups is 1. The number of methoxy groups -OCH3 is 1. The predicted octanol–water partition coefficient (Wildman–Crippen LogP) is 1.66. The molecule has 1 N–H and O–H groups in total. The maximum Gasteiger partial charge on any atom is 0.244 e. The summed E-state index contributed by atoms with van der Waals surface area (Å²) < 4.78 is 10.9. The van der Waals surface area contributed by atoms with Crippen LogP contribution in [0.1, 0.15) is 5.76 Å². The number of hydrogen-bond donors (Lipinski definition) is 1. The van der Waals surface area contributed by atoms with Gasteiger partial charge in [0.15, 0.2) is 3.77 Å². The van der Waals surface area contributed by atoms with Crippen molar-refractivity contribution in [3.8, 4) is 0 Å². The maximum atomic E-state index is 11.2. The van der Waals surface area contributed by atoms with Crippen molar-refractivity contribution < 1.29 is 13.9 Å². The van der Waals surface area contributed by atoms with Crippen LogP contribution in [0.3, 0.4) is 0 Å². The van der Waals surface area contributed by atoms with Crippen LogP contribution in [0.2, 0.25) is 0 Å². The number of amides is 1. The van der Waals surface area contributed by atoms with E-state index in [2.05, 4.69) is 27.9 Å². The molecule has 1 amide bonds. The van der Waals surface area contributed by atoms with Gasteiger partial charge in [0.05, 0.1) is 6.61 Å². The van der Waals surface area contributed by atoms with Crippen LogP contribution >= 0.6 is 22.6 Å². The van der Waals surface area contributed by atoms with Gasteiger partial charge in [-0.2, -0.15) is 0 Å². The normalized spacial score (nSPS) is 10.8. The van der Waals surface area contributed by atoms with Gasteiger partial charge in [-0.1, -0.05) is 0 Å². The topological polar surface area (TPSA) is 51.5 Å². The summed E-state index contributed by atoms with van der Waals surface area (Å²) in [4.78, 5) is 11.2. The van der Waals surface area contributed by atoms with Gasteiger partial charge in [0.1, 0.15) is 5.76 Å². The largest absolute Gasteiger partial charge is 0.451 e. The van der Waals surface area contributed by atoms with E-state index in [1.807, 2.05) is 6.07 Å². The molecule has 0 unspecified atom stereocenters. The molecule has 0 saturated carbocycles. The monoisotopic (exact) mass is 321 g/mol. The van der Waals surface area contributed by atoms with Gasteiger partial charge < -0.3 is 14.5 Å². The molecule has 0 aliphatic carbocycles. The van der Waals surface area contributed by atoms with Gasteiger partial charge in [-0.05, 0) is 40.8 Å². The molecule has 1 heterocycles.